The molecule has 0 radical (unpaired) electrons. The number of benzene rings is 1. The lowest BCUT2D eigenvalue weighted by Crippen LogP contribution is -2.64. The van der Waals surface area contributed by atoms with Crippen molar-refractivity contribution in [3.8, 4) is 5.75 Å². The van der Waals surface area contributed by atoms with Gasteiger partial charge in [-0.1, -0.05) is 63.5 Å². The van der Waals surface area contributed by atoms with Crippen LogP contribution in [0.25, 0.3) is 0 Å². The monoisotopic (exact) mass is 500 g/mol. The van der Waals surface area contributed by atoms with Crippen LogP contribution in [0.15, 0.2) is 60.4 Å². The Bertz CT molecular complexity index is 915. The molecule has 1 fully saturated rings. The maximum atomic E-state index is 12.9. The van der Waals surface area contributed by atoms with E-state index in [1.807, 2.05) is 6.92 Å². The molecule has 2 rings (SSSR count). The molecule has 1 unspecified atom stereocenters. The van der Waals surface area contributed by atoms with Crippen molar-refractivity contribution in [3.05, 3.63) is 60.4 Å². The molecule has 3 atom stereocenters. The molecule has 0 amide bonds. The molecule has 36 heavy (non-hydrogen) atoms. The Balaban J connectivity index is 2.31. The van der Waals surface area contributed by atoms with Gasteiger partial charge < -0.3 is 24.4 Å². The van der Waals surface area contributed by atoms with Gasteiger partial charge in [0, 0.05) is 18.4 Å². The SMILES string of the molecule is CC/C=C/[C@H]1CCC(=O)[C@@H]1CC=C=CC([16OH])([16OH])C(OCCCCCC)(Oc1ccccc1)C(=O)OC. The van der Waals surface area contributed by atoms with Gasteiger partial charge in [-0.15, -0.1) is 5.73 Å². The molecule has 7 heteroatoms. The third-order valence-electron chi connectivity index (χ3n) is 6.29. The maximum Gasteiger partial charge on any atom is 0.386 e. The van der Waals surface area contributed by atoms with Gasteiger partial charge in [0.15, 0.2) is 0 Å². The molecule has 0 bridgehead atoms. The highest BCUT2D eigenvalue weighted by Gasteiger charge is 2.60. The molecule has 1 aliphatic rings. The molecule has 2 N–H and O–H groups in total. The number of allylic oxidation sites excluding steroid dienone is 2. The van der Waals surface area contributed by atoms with Gasteiger partial charge in [-0.25, -0.2) is 4.79 Å². The number of unbranched alkanes of at least 4 members (excludes halogenated alkanes) is 3. The molecule has 1 aliphatic carbocycles. The quantitative estimate of drug-likeness (QED) is 0.116. The van der Waals surface area contributed by atoms with E-state index in [4.69, 9.17) is 14.2 Å². The number of hydrogen-bond donors (Lipinski definition) is 2. The van der Waals surface area contributed by atoms with Crippen molar-refractivity contribution in [2.75, 3.05) is 13.7 Å². The lowest BCUT2D eigenvalue weighted by Gasteiger charge is -2.38. The smallest absolute Gasteiger partial charge is 0.386 e. The van der Waals surface area contributed by atoms with Gasteiger partial charge in [0.25, 0.3) is 5.79 Å². The van der Waals surface area contributed by atoms with Crippen molar-refractivity contribution < 1.29 is 34.0 Å². The number of rotatable bonds is 15. The predicted molar refractivity (Wildman–Crippen MR) is 137 cm³/mol. The summed E-state index contributed by atoms with van der Waals surface area (Å²) < 4.78 is 16.4. The van der Waals surface area contributed by atoms with Crippen LogP contribution in [-0.2, 0) is 19.1 Å². The third-order valence-corrected chi connectivity index (χ3v) is 6.29. The largest absolute Gasteiger partial charge is 0.464 e. The topological polar surface area (TPSA) is 102 Å². The van der Waals surface area contributed by atoms with E-state index in [1.165, 1.54) is 0 Å². The highest BCUT2D eigenvalue weighted by molar-refractivity contribution is 5.84. The normalized spacial score (nSPS) is 19.5. The molecule has 1 aromatic rings. The fourth-order valence-electron chi connectivity index (χ4n) is 4.24. The first-order chi connectivity index (χ1) is 17.3. The van der Waals surface area contributed by atoms with Gasteiger partial charge in [0.1, 0.15) is 11.5 Å². The first-order valence-corrected chi connectivity index (χ1v) is 12.8. The fourth-order valence-corrected chi connectivity index (χ4v) is 4.24. The summed E-state index contributed by atoms with van der Waals surface area (Å²) >= 11 is 0. The van der Waals surface area contributed by atoms with E-state index in [9.17, 15) is 19.8 Å². The highest BCUT2D eigenvalue weighted by Crippen LogP contribution is 2.34. The van der Waals surface area contributed by atoms with E-state index in [0.717, 1.165) is 45.3 Å². The zero-order valence-electron chi connectivity index (χ0n) is 21.7. The number of carbonyl (C=O) groups is 2. The molecule has 0 aromatic heterocycles. The number of methoxy groups -OCH3 is 1. The number of ketones is 1. The van der Waals surface area contributed by atoms with Crippen LogP contribution >= 0.6 is 0 Å². The van der Waals surface area contributed by atoms with Crippen LogP contribution < -0.4 is 4.74 Å². The average Bonchev–Trinajstić information content (AvgIpc) is 3.23. The first-order valence-electron chi connectivity index (χ1n) is 12.8. The number of aliphatic hydroxyl groups is 2. The summed E-state index contributed by atoms with van der Waals surface area (Å²) in [6.45, 7) is 4.16. The maximum absolute atomic E-state index is 12.9. The Kier molecular flexibility index (Phi) is 12.1. The van der Waals surface area contributed by atoms with E-state index in [2.05, 4.69) is 24.8 Å². The molecule has 0 heterocycles. The van der Waals surface area contributed by atoms with E-state index in [0.29, 0.717) is 19.3 Å². The number of Topliss-reactive ketones (excluding diaryl/α,β-unsaturated/α-hetero) is 1. The Labute approximate surface area is 214 Å². The summed E-state index contributed by atoms with van der Waals surface area (Å²) in [5.41, 5.74) is 2.74. The molecule has 0 spiro atoms. The van der Waals surface area contributed by atoms with Crippen LogP contribution in [0.3, 0.4) is 0 Å². The van der Waals surface area contributed by atoms with Crippen LogP contribution in [0, 0.1) is 11.8 Å². The van der Waals surface area contributed by atoms with Crippen LogP contribution in [-0.4, -0.2) is 47.3 Å². The summed E-state index contributed by atoms with van der Waals surface area (Å²) in [6.07, 6.45) is 12.7. The van der Waals surface area contributed by atoms with Crippen LogP contribution in [0.5, 0.6) is 5.75 Å². The van der Waals surface area contributed by atoms with Gasteiger partial charge in [-0.3, -0.25) is 4.79 Å². The summed E-state index contributed by atoms with van der Waals surface area (Å²) in [5, 5.41) is 22.2. The van der Waals surface area contributed by atoms with Gasteiger partial charge >= 0.3 is 11.8 Å². The number of carbonyl (C=O) groups excluding carboxylic acids is 2. The van der Waals surface area contributed by atoms with E-state index >= 15 is 0 Å². The second-order valence-electron chi connectivity index (χ2n) is 9.02. The van der Waals surface area contributed by atoms with Gasteiger partial charge in [-0.05, 0) is 49.8 Å². The molecular weight excluding hydrogens is 460 g/mol. The Morgan fingerprint density at radius 3 is 2.58 bits per heavy atom. The molecule has 1 saturated carbocycles. The Morgan fingerprint density at radius 1 is 1.17 bits per heavy atom. The Morgan fingerprint density at radius 2 is 1.92 bits per heavy atom. The highest BCUT2D eigenvalue weighted by atomic mass is 16.8. The van der Waals surface area contributed by atoms with Crippen LogP contribution in [0.2, 0.25) is 0 Å². The van der Waals surface area contributed by atoms with Crippen molar-refractivity contribution in [2.45, 2.75) is 76.8 Å². The zero-order chi connectivity index (χ0) is 26.4. The number of ether oxygens (including phenoxy) is 3. The molecule has 0 aliphatic heterocycles. The Hall–Kier alpha value is -2.70. The fraction of sp³-hybridized carbons (Fsp3) is 0.552. The van der Waals surface area contributed by atoms with Gasteiger partial charge in [0.05, 0.1) is 13.7 Å². The summed E-state index contributed by atoms with van der Waals surface area (Å²) in [5.74, 6) is -6.23. The second kappa shape index (κ2) is 14.8. The molecule has 7 nitrogen and oxygen atoms in total. The minimum atomic E-state index is -2.92. The van der Waals surface area contributed by atoms with E-state index in [-0.39, 0.29) is 30.0 Å². The van der Waals surface area contributed by atoms with Crippen molar-refractivity contribution in [1.29, 1.82) is 0 Å². The average molecular weight is 501 g/mol. The van der Waals surface area contributed by atoms with Crippen molar-refractivity contribution in [3.63, 3.8) is 0 Å². The van der Waals surface area contributed by atoms with Crippen LogP contribution in [0.1, 0.15) is 65.2 Å². The number of esters is 1. The van der Waals surface area contributed by atoms with Crippen LogP contribution in [0.4, 0.5) is 0 Å². The van der Waals surface area contributed by atoms with Gasteiger partial charge in [0.2, 0.25) is 0 Å². The molecular formula is C29H40O7. The lowest BCUT2D eigenvalue weighted by molar-refractivity contribution is -0.327. The zero-order valence-corrected chi connectivity index (χ0v) is 21.7. The van der Waals surface area contributed by atoms with E-state index < -0.39 is 17.5 Å². The summed E-state index contributed by atoms with van der Waals surface area (Å²) in [4.78, 5) is 25.3. The number of hydrogen-bond acceptors (Lipinski definition) is 7. The number of para-hydroxylation sites is 1. The predicted octanol–water partition coefficient (Wildman–Crippen LogP) is 4.88. The standard InChI is InChI=1S/C29H40O7/c1-4-6-8-14-22-35-29(27(31)34-3,36-24-16-10-9-11-17-24)28(32,33)21-13-12-18-25-23(15-7-5-2)19-20-26(25)30/h7,9-12,15-17,21,23,25,32-33H,4-6,8,14,18-20,22H2,1-3H3/b15-7+/t13?,23-,25+,29?/m0/s1/i32+0,33+0. The van der Waals surface area contributed by atoms with E-state index in [1.54, 1.807) is 36.4 Å². The minimum absolute atomic E-state index is 0.0460. The van der Waals surface area contributed by atoms with Crippen molar-refractivity contribution in [2.24, 2.45) is 11.8 Å². The minimum Gasteiger partial charge on any atom is -0.464 e. The van der Waals surface area contributed by atoms with Crippen molar-refractivity contribution >= 4 is 11.8 Å². The summed E-state index contributed by atoms with van der Waals surface area (Å²) in [7, 11) is 1.12. The molecule has 198 valence electrons. The lowest BCUT2D eigenvalue weighted by atomic mass is 9.91. The third kappa shape index (κ3) is 7.90. The first kappa shape index (κ1) is 29.5. The summed E-state index contributed by atoms with van der Waals surface area (Å²) in [6, 6.07) is 8.28. The van der Waals surface area contributed by atoms with Crippen molar-refractivity contribution in [1.82, 2.24) is 0 Å². The second-order valence-corrected chi connectivity index (χ2v) is 9.02. The molecule has 0 saturated heterocycles. The molecule has 1 aromatic carbocycles. The van der Waals surface area contributed by atoms with Gasteiger partial charge in [-0.2, -0.15) is 0 Å².